The number of imide groups is 2. The van der Waals surface area contributed by atoms with E-state index < -0.39 is 41.4 Å². The van der Waals surface area contributed by atoms with Crippen molar-refractivity contribution in [3.8, 4) is 5.75 Å². The number of hydrogen-bond donors (Lipinski definition) is 2. The van der Waals surface area contributed by atoms with E-state index >= 15 is 4.39 Å². The molecule has 2 aromatic carbocycles. The van der Waals surface area contributed by atoms with E-state index in [0.717, 1.165) is 80.0 Å². The van der Waals surface area contributed by atoms with Crippen LogP contribution in [0.2, 0.25) is 0 Å². The van der Waals surface area contributed by atoms with Gasteiger partial charge in [0.15, 0.2) is 0 Å². The summed E-state index contributed by atoms with van der Waals surface area (Å²) in [5.74, 6) is -2.68. The van der Waals surface area contributed by atoms with Crippen LogP contribution in [0.1, 0.15) is 94.5 Å². The SMILES string of the molecule is COc1cc2nn(C3CCC(CN4CCN(c5cc6c(cc5F)C(=O)N(C5CCC(=O)NC5=O)C6=O)CC4)CC3)cc2cc1C(=O)Nc1cccn(C2CC2)c1=O. The number of rotatable bonds is 9. The molecule has 4 aromatic rings. The maximum absolute atomic E-state index is 15.5. The molecule has 4 fully saturated rings. The first-order valence-corrected chi connectivity index (χ1v) is 19.7. The molecule has 1 unspecified atom stereocenters. The monoisotopic (exact) mass is 778 g/mol. The van der Waals surface area contributed by atoms with Gasteiger partial charge in [-0.25, -0.2) is 4.39 Å². The molecule has 2 aliphatic carbocycles. The summed E-state index contributed by atoms with van der Waals surface area (Å²) in [5, 5.41) is 10.6. The summed E-state index contributed by atoms with van der Waals surface area (Å²) in [4.78, 5) is 82.0. The molecule has 2 saturated carbocycles. The number of piperazine rings is 1. The highest BCUT2D eigenvalue weighted by molar-refractivity contribution is 6.23. The number of amides is 5. The highest BCUT2D eigenvalue weighted by Crippen LogP contribution is 2.37. The third-order valence-electron chi connectivity index (χ3n) is 12.2. The number of methoxy groups -OCH3 is 1. The number of aromatic nitrogens is 3. The van der Waals surface area contributed by atoms with Gasteiger partial charge in [-0.2, -0.15) is 5.10 Å². The molecule has 9 rings (SSSR count). The molecule has 1 atom stereocenters. The van der Waals surface area contributed by atoms with Gasteiger partial charge in [-0.05, 0) is 81.2 Å². The molecule has 5 heterocycles. The van der Waals surface area contributed by atoms with Crippen LogP contribution in [-0.4, -0.2) is 99.6 Å². The Morgan fingerprint density at radius 3 is 2.33 bits per heavy atom. The minimum atomic E-state index is -1.10. The molecule has 0 spiro atoms. The molecule has 2 N–H and O–H groups in total. The highest BCUT2D eigenvalue weighted by Gasteiger charge is 2.45. The minimum Gasteiger partial charge on any atom is -0.496 e. The topological polar surface area (TPSA) is 168 Å². The van der Waals surface area contributed by atoms with Crippen molar-refractivity contribution in [3.05, 3.63) is 81.7 Å². The summed E-state index contributed by atoms with van der Waals surface area (Å²) in [6, 6.07) is 8.74. The van der Waals surface area contributed by atoms with E-state index in [1.54, 1.807) is 35.0 Å². The number of benzene rings is 2. The molecule has 16 heteroatoms. The zero-order chi connectivity index (χ0) is 39.5. The normalized spacial score (nSPS) is 22.9. The van der Waals surface area contributed by atoms with Gasteiger partial charge in [0, 0.05) is 69.0 Å². The second-order valence-electron chi connectivity index (χ2n) is 15.8. The molecule has 296 valence electrons. The number of piperidine rings is 1. The maximum Gasteiger partial charge on any atom is 0.274 e. The van der Waals surface area contributed by atoms with Crippen molar-refractivity contribution in [1.82, 2.24) is 29.5 Å². The van der Waals surface area contributed by atoms with Crippen LogP contribution >= 0.6 is 0 Å². The number of carbonyl (C=O) groups is 5. The van der Waals surface area contributed by atoms with Crippen molar-refractivity contribution in [2.75, 3.05) is 50.1 Å². The molecule has 5 aliphatic rings. The van der Waals surface area contributed by atoms with E-state index in [1.165, 1.54) is 13.2 Å². The molecule has 0 bridgehead atoms. The molecule has 15 nitrogen and oxygen atoms in total. The van der Waals surface area contributed by atoms with Crippen molar-refractivity contribution in [1.29, 1.82) is 0 Å². The smallest absolute Gasteiger partial charge is 0.274 e. The molecule has 57 heavy (non-hydrogen) atoms. The number of halogens is 1. The van der Waals surface area contributed by atoms with Gasteiger partial charge in [0.2, 0.25) is 11.8 Å². The summed E-state index contributed by atoms with van der Waals surface area (Å²) >= 11 is 0. The zero-order valence-electron chi connectivity index (χ0n) is 31.5. The number of ether oxygens (including phenoxy) is 1. The van der Waals surface area contributed by atoms with Crippen molar-refractivity contribution in [3.63, 3.8) is 0 Å². The third kappa shape index (κ3) is 6.85. The molecule has 3 aliphatic heterocycles. The number of nitrogens with zero attached hydrogens (tertiary/aromatic N) is 6. The van der Waals surface area contributed by atoms with Crippen LogP contribution in [-0.2, 0) is 9.59 Å². The fourth-order valence-corrected chi connectivity index (χ4v) is 8.89. The van der Waals surface area contributed by atoms with E-state index in [1.807, 2.05) is 15.8 Å². The van der Waals surface area contributed by atoms with E-state index in [9.17, 15) is 28.8 Å². The Morgan fingerprint density at radius 2 is 1.63 bits per heavy atom. The van der Waals surface area contributed by atoms with Crippen LogP contribution in [0, 0.1) is 11.7 Å². The van der Waals surface area contributed by atoms with Gasteiger partial charge in [0.05, 0.1) is 41.0 Å². The predicted molar refractivity (Wildman–Crippen MR) is 206 cm³/mol. The molecule has 2 aromatic heterocycles. The Bertz CT molecular complexity index is 2390. The standard InChI is InChI=1S/C41H43FN8O7/c1-57-35-20-32-24(17-29(35)37(52)43-31-3-2-12-48(41(31)56)25-8-9-25)22-49(45-32)26-6-4-23(5-7-26)21-46-13-15-47(16-14-46)34-19-28-27(18-30(34)42)39(54)50(40(28)55)33-10-11-36(51)44-38(33)53/h2-3,12,17-20,22-23,25-26,33H,4-11,13-16,21H2,1H3,(H,43,52)(H,44,51,53). The van der Waals surface area contributed by atoms with Crippen LogP contribution in [0.5, 0.6) is 5.75 Å². The Labute approximate surface area is 326 Å². The fraction of sp³-hybridized carbons (Fsp3) is 0.439. The number of hydrogen-bond acceptors (Lipinski definition) is 10. The Morgan fingerprint density at radius 1 is 0.912 bits per heavy atom. The minimum absolute atomic E-state index is 0.0130. The zero-order valence-corrected chi connectivity index (χ0v) is 31.5. The third-order valence-corrected chi connectivity index (χ3v) is 12.2. The summed E-state index contributed by atoms with van der Waals surface area (Å²) in [7, 11) is 1.51. The van der Waals surface area contributed by atoms with Crippen molar-refractivity contribution < 1.29 is 33.1 Å². The second-order valence-corrected chi connectivity index (χ2v) is 15.8. The van der Waals surface area contributed by atoms with Crippen molar-refractivity contribution >= 4 is 51.8 Å². The summed E-state index contributed by atoms with van der Waals surface area (Å²) < 4.78 is 24.7. The lowest BCUT2D eigenvalue weighted by atomic mass is 9.85. The lowest BCUT2D eigenvalue weighted by Crippen LogP contribution is -2.54. The summed E-state index contributed by atoms with van der Waals surface area (Å²) in [5.41, 5.74) is 1.32. The first kappa shape index (κ1) is 36.7. The van der Waals surface area contributed by atoms with Crippen LogP contribution in [0.3, 0.4) is 0 Å². The van der Waals surface area contributed by atoms with Gasteiger partial charge in [-0.3, -0.25) is 48.6 Å². The van der Waals surface area contributed by atoms with Crippen LogP contribution in [0.15, 0.2) is 53.6 Å². The lowest BCUT2D eigenvalue weighted by Gasteiger charge is -2.39. The van der Waals surface area contributed by atoms with E-state index in [2.05, 4.69) is 15.5 Å². The average molecular weight is 779 g/mol. The summed E-state index contributed by atoms with van der Waals surface area (Å²) in [6.45, 7) is 3.46. The van der Waals surface area contributed by atoms with Gasteiger partial charge in [0.25, 0.3) is 23.3 Å². The van der Waals surface area contributed by atoms with Gasteiger partial charge in [-0.15, -0.1) is 0 Å². The molecule has 2 saturated heterocycles. The Hall–Kier alpha value is -5.90. The van der Waals surface area contributed by atoms with E-state index in [0.29, 0.717) is 30.3 Å². The predicted octanol–water partition coefficient (Wildman–Crippen LogP) is 3.89. The van der Waals surface area contributed by atoms with Crippen molar-refractivity contribution in [2.24, 2.45) is 5.92 Å². The molecule has 5 amide bonds. The largest absolute Gasteiger partial charge is 0.496 e. The quantitative estimate of drug-likeness (QED) is 0.238. The molecule has 0 radical (unpaired) electrons. The average Bonchev–Trinajstić information content (AvgIpc) is 3.92. The van der Waals surface area contributed by atoms with Gasteiger partial charge >= 0.3 is 0 Å². The van der Waals surface area contributed by atoms with Gasteiger partial charge in [-0.1, -0.05) is 0 Å². The number of pyridine rings is 1. The van der Waals surface area contributed by atoms with Crippen LogP contribution in [0.25, 0.3) is 10.9 Å². The van der Waals surface area contributed by atoms with Crippen LogP contribution in [0.4, 0.5) is 15.8 Å². The highest BCUT2D eigenvalue weighted by atomic mass is 19.1. The Kier molecular flexibility index (Phi) is 9.38. The molecular weight excluding hydrogens is 735 g/mol. The number of fused-ring (bicyclic) bond motifs is 2. The number of anilines is 2. The van der Waals surface area contributed by atoms with Gasteiger partial charge < -0.3 is 19.5 Å². The van der Waals surface area contributed by atoms with E-state index in [-0.39, 0.29) is 53.0 Å². The molecular formula is C41H43FN8O7. The van der Waals surface area contributed by atoms with Crippen molar-refractivity contribution in [2.45, 2.75) is 69.5 Å². The Balaban J connectivity index is 0.795. The lowest BCUT2D eigenvalue weighted by molar-refractivity contribution is -0.136. The fourth-order valence-electron chi connectivity index (χ4n) is 8.89. The first-order valence-electron chi connectivity index (χ1n) is 19.7. The van der Waals surface area contributed by atoms with Gasteiger partial charge in [0.1, 0.15) is 23.3 Å². The summed E-state index contributed by atoms with van der Waals surface area (Å²) in [6.07, 6.45) is 9.65. The maximum atomic E-state index is 15.5. The first-order chi connectivity index (χ1) is 27.6. The van der Waals surface area contributed by atoms with Crippen LogP contribution < -0.4 is 25.8 Å². The number of nitrogens with one attached hydrogen (secondary N) is 2. The number of carbonyl (C=O) groups excluding carboxylic acids is 5. The second kappa shape index (κ2) is 14.6. The van der Waals surface area contributed by atoms with E-state index in [4.69, 9.17) is 9.84 Å².